The number of halogens is 4. The number of rotatable bonds is 4. The number of pyridine rings is 1. The second-order valence-electron chi connectivity index (χ2n) is 5.43. The fraction of sp³-hybridized carbons (Fsp3) is 0.312. The van der Waals surface area contributed by atoms with E-state index in [2.05, 4.69) is 10.3 Å². The van der Waals surface area contributed by atoms with Crippen molar-refractivity contribution in [2.24, 2.45) is 5.92 Å². The van der Waals surface area contributed by atoms with E-state index < -0.39 is 23.5 Å². The first kappa shape index (κ1) is 16.4. The molecule has 3 rings (SSSR count). The molecule has 122 valence electrons. The first-order valence-corrected chi connectivity index (χ1v) is 7.92. The quantitative estimate of drug-likeness (QED) is 0.879. The Labute approximate surface area is 142 Å². The van der Waals surface area contributed by atoms with E-state index in [1.54, 1.807) is 12.3 Å². The lowest BCUT2D eigenvalue weighted by molar-refractivity contribution is 0.131. The number of hydrogen-bond acceptors (Lipinski definition) is 3. The van der Waals surface area contributed by atoms with E-state index in [1.807, 2.05) is 0 Å². The monoisotopic (exact) mass is 358 g/mol. The Hall–Kier alpha value is -1.43. The lowest BCUT2D eigenvalue weighted by atomic mass is 9.96. The molecule has 0 unspecified atom stereocenters. The molecule has 1 aliphatic heterocycles. The van der Waals surface area contributed by atoms with Gasteiger partial charge in [0.05, 0.1) is 5.02 Å². The van der Waals surface area contributed by atoms with Crippen molar-refractivity contribution in [2.75, 3.05) is 13.1 Å². The summed E-state index contributed by atoms with van der Waals surface area (Å²) in [6, 6.07) is 3.75. The molecule has 7 heteroatoms. The van der Waals surface area contributed by atoms with Crippen LogP contribution in [0.5, 0.6) is 5.75 Å². The molecule has 2 aromatic rings. The number of aromatic nitrogens is 1. The van der Waals surface area contributed by atoms with E-state index in [9.17, 15) is 8.78 Å². The van der Waals surface area contributed by atoms with Crippen LogP contribution in [0.2, 0.25) is 10.0 Å². The van der Waals surface area contributed by atoms with E-state index in [-0.39, 0.29) is 10.9 Å². The van der Waals surface area contributed by atoms with Gasteiger partial charge < -0.3 is 10.1 Å². The van der Waals surface area contributed by atoms with Crippen molar-refractivity contribution < 1.29 is 13.5 Å². The third-order valence-electron chi connectivity index (χ3n) is 3.79. The summed E-state index contributed by atoms with van der Waals surface area (Å²) in [5, 5.41) is 3.65. The molecule has 0 radical (unpaired) electrons. The minimum absolute atomic E-state index is 0.0177. The molecule has 2 atom stereocenters. The number of benzene rings is 1. The van der Waals surface area contributed by atoms with Gasteiger partial charge in [-0.3, -0.25) is 4.98 Å². The Morgan fingerprint density at radius 2 is 1.87 bits per heavy atom. The van der Waals surface area contributed by atoms with E-state index in [0.717, 1.165) is 25.1 Å². The second-order valence-corrected chi connectivity index (χ2v) is 6.30. The molecule has 0 saturated carbocycles. The van der Waals surface area contributed by atoms with Crippen LogP contribution in [-0.2, 0) is 0 Å². The molecule has 1 saturated heterocycles. The largest absolute Gasteiger partial charge is 0.479 e. The van der Waals surface area contributed by atoms with Crippen LogP contribution in [0.3, 0.4) is 0 Å². The first-order valence-electron chi connectivity index (χ1n) is 7.17. The standard InChI is InChI=1S/C16H14Cl2F2N2O/c17-11-4-13(19)16(14(20)5-11)23-15(9-1-2-21-6-9)10-3-12(18)8-22-7-10/h3-5,7-9,15,21H,1-2,6H2/t9-,15+/m1/s1. The molecule has 23 heavy (non-hydrogen) atoms. The van der Waals surface area contributed by atoms with Gasteiger partial charge in [0.25, 0.3) is 0 Å². The number of hydrogen-bond donors (Lipinski definition) is 1. The van der Waals surface area contributed by atoms with Crippen molar-refractivity contribution in [3.05, 3.63) is 57.8 Å². The topological polar surface area (TPSA) is 34.1 Å². The highest BCUT2D eigenvalue weighted by atomic mass is 35.5. The predicted molar refractivity (Wildman–Crippen MR) is 85.0 cm³/mol. The molecule has 0 bridgehead atoms. The van der Waals surface area contributed by atoms with Gasteiger partial charge in [-0.25, -0.2) is 8.78 Å². The van der Waals surface area contributed by atoms with E-state index in [0.29, 0.717) is 17.1 Å². The molecule has 1 aliphatic rings. The summed E-state index contributed by atoms with van der Waals surface area (Å²) in [4.78, 5) is 4.04. The van der Waals surface area contributed by atoms with Crippen molar-refractivity contribution in [3.63, 3.8) is 0 Å². The molecule has 1 aromatic carbocycles. The van der Waals surface area contributed by atoms with Gasteiger partial charge in [-0.2, -0.15) is 0 Å². The first-order chi connectivity index (χ1) is 11.0. The zero-order valence-electron chi connectivity index (χ0n) is 12.0. The molecule has 0 aliphatic carbocycles. The van der Waals surface area contributed by atoms with Crippen molar-refractivity contribution in [1.29, 1.82) is 0 Å². The molecular weight excluding hydrogens is 345 g/mol. The zero-order chi connectivity index (χ0) is 16.4. The molecule has 0 spiro atoms. The van der Waals surface area contributed by atoms with Crippen LogP contribution in [0.15, 0.2) is 30.6 Å². The fourth-order valence-corrected chi connectivity index (χ4v) is 3.10. The summed E-state index contributed by atoms with van der Waals surface area (Å²) in [6.45, 7) is 1.51. The summed E-state index contributed by atoms with van der Waals surface area (Å²) in [6.07, 6.45) is 3.37. The lowest BCUT2D eigenvalue weighted by Gasteiger charge is -2.25. The number of nitrogens with one attached hydrogen (secondary N) is 1. The third-order valence-corrected chi connectivity index (χ3v) is 4.21. The summed E-state index contributed by atoms with van der Waals surface area (Å²) in [5.74, 6) is -2.04. The van der Waals surface area contributed by atoms with Crippen LogP contribution >= 0.6 is 23.2 Å². The van der Waals surface area contributed by atoms with Crippen molar-refractivity contribution in [1.82, 2.24) is 10.3 Å². The van der Waals surface area contributed by atoms with Gasteiger partial charge >= 0.3 is 0 Å². The summed E-state index contributed by atoms with van der Waals surface area (Å²) >= 11 is 11.6. The molecule has 0 amide bonds. The van der Waals surface area contributed by atoms with E-state index >= 15 is 0 Å². The van der Waals surface area contributed by atoms with Crippen LogP contribution in [0, 0.1) is 17.6 Å². The van der Waals surface area contributed by atoms with Crippen molar-refractivity contribution in [3.8, 4) is 5.75 Å². The summed E-state index contributed by atoms with van der Waals surface area (Å²) in [7, 11) is 0. The molecule has 1 aromatic heterocycles. The number of nitrogens with zero attached hydrogens (tertiary/aromatic N) is 1. The van der Waals surface area contributed by atoms with Crippen molar-refractivity contribution in [2.45, 2.75) is 12.5 Å². The van der Waals surface area contributed by atoms with Gasteiger partial charge in [0.15, 0.2) is 17.4 Å². The van der Waals surface area contributed by atoms with Gasteiger partial charge in [-0.05, 0) is 31.2 Å². The van der Waals surface area contributed by atoms with Crippen LogP contribution in [-0.4, -0.2) is 18.1 Å². The van der Waals surface area contributed by atoms with Gasteiger partial charge in [0.1, 0.15) is 6.10 Å². The Morgan fingerprint density at radius 3 is 2.48 bits per heavy atom. The molecule has 1 N–H and O–H groups in total. The third kappa shape index (κ3) is 3.74. The maximum absolute atomic E-state index is 14.0. The maximum atomic E-state index is 14.0. The SMILES string of the molecule is Fc1cc(Cl)cc(F)c1O[C@H](c1cncc(Cl)c1)[C@@H]1CCNC1. The van der Waals surface area contributed by atoms with Crippen LogP contribution in [0.4, 0.5) is 8.78 Å². The van der Waals surface area contributed by atoms with Crippen LogP contribution in [0.1, 0.15) is 18.1 Å². The minimum atomic E-state index is -0.832. The Morgan fingerprint density at radius 1 is 1.13 bits per heavy atom. The maximum Gasteiger partial charge on any atom is 0.191 e. The van der Waals surface area contributed by atoms with Crippen molar-refractivity contribution >= 4 is 23.2 Å². The Balaban J connectivity index is 1.96. The average Bonchev–Trinajstić information content (AvgIpc) is 3.00. The summed E-state index contributed by atoms with van der Waals surface area (Å²) < 4.78 is 33.8. The van der Waals surface area contributed by atoms with Crippen LogP contribution < -0.4 is 10.1 Å². The normalized spacial score (nSPS) is 18.9. The molecule has 2 heterocycles. The average molecular weight is 359 g/mol. The Kier molecular flexibility index (Phi) is 4.99. The highest BCUT2D eigenvalue weighted by molar-refractivity contribution is 6.30. The van der Waals surface area contributed by atoms with Crippen LogP contribution in [0.25, 0.3) is 0 Å². The van der Waals surface area contributed by atoms with Gasteiger partial charge in [0, 0.05) is 35.4 Å². The second kappa shape index (κ2) is 6.99. The van der Waals surface area contributed by atoms with Gasteiger partial charge in [-0.15, -0.1) is 0 Å². The summed E-state index contributed by atoms with van der Waals surface area (Å²) in [5.41, 5.74) is 0.681. The molecule has 3 nitrogen and oxygen atoms in total. The highest BCUT2D eigenvalue weighted by Gasteiger charge is 2.30. The van der Waals surface area contributed by atoms with E-state index in [1.165, 1.54) is 6.20 Å². The fourth-order valence-electron chi connectivity index (χ4n) is 2.72. The zero-order valence-corrected chi connectivity index (χ0v) is 13.5. The Bertz CT molecular complexity index is 685. The van der Waals surface area contributed by atoms with Gasteiger partial charge in [0.2, 0.25) is 0 Å². The minimum Gasteiger partial charge on any atom is -0.479 e. The van der Waals surface area contributed by atoms with Gasteiger partial charge in [-0.1, -0.05) is 23.2 Å². The smallest absolute Gasteiger partial charge is 0.191 e. The highest BCUT2D eigenvalue weighted by Crippen LogP contribution is 2.35. The predicted octanol–water partition coefficient (Wildman–Crippen LogP) is 4.40. The lowest BCUT2D eigenvalue weighted by Crippen LogP contribution is -2.22. The van der Waals surface area contributed by atoms with E-state index in [4.69, 9.17) is 27.9 Å². The number of ether oxygens (including phenoxy) is 1. The molecular formula is C16H14Cl2F2N2O. The molecule has 1 fully saturated rings.